The Morgan fingerprint density at radius 3 is 2.00 bits per heavy atom. The van der Waals surface area contributed by atoms with Crippen molar-refractivity contribution in [2.75, 3.05) is 27.0 Å². The van der Waals surface area contributed by atoms with Gasteiger partial charge < -0.3 is 14.2 Å². The molecule has 0 aromatic heterocycles. The van der Waals surface area contributed by atoms with Gasteiger partial charge >= 0.3 is 0 Å². The van der Waals surface area contributed by atoms with Gasteiger partial charge in [0.1, 0.15) is 0 Å². The fraction of sp³-hybridized carbons (Fsp3) is 1.00. The molecule has 0 heterocycles. The molecule has 0 aromatic carbocycles. The van der Waals surface area contributed by atoms with Crippen molar-refractivity contribution in [1.29, 1.82) is 0 Å². The van der Waals surface area contributed by atoms with Crippen LogP contribution in [0, 0.1) is 0 Å². The van der Waals surface area contributed by atoms with Crippen molar-refractivity contribution >= 4 is 18.3 Å². The predicted octanol–water partition coefficient (Wildman–Crippen LogP) is 0.581. The van der Waals surface area contributed by atoms with Crippen LogP contribution in [0.1, 0.15) is 0 Å². The molecule has 0 unspecified atom stereocenters. The summed E-state index contributed by atoms with van der Waals surface area (Å²) in [6.07, 6.45) is 0.426. The summed E-state index contributed by atoms with van der Waals surface area (Å²) in [5.41, 5.74) is 0. The molecule has 9 heavy (non-hydrogen) atoms. The van der Waals surface area contributed by atoms with Crippen LogP contribution in [0.5, 0.6) is 0 Å². The fourth-order valence-corrected chi connectivity index (χ4v) is 1.38. The number of hydrogen-bond acceptors (Lipinski definition) is 4. The van der Waals surface area contributed by atoms with Crippen LogP contribution in [0.2, 0.25) is 0 Å². The first kappa shape index (κ1) is 9.53. The lowest BCUT2D eigenvalue weighted by molar-refractivity contribution is 0.294. The summed E-state index contributed by atoms with van der Waals surface area (Å²) in [6, 6.07) is 0. The van der Waals surface area contributed by atoms with E-state index in [0.717, 1.165) is 0 Å². The van der Waals surface area contributed by atoms with Crippen LogP contribution in [-0.4, -0.2) is 32.1 Å². The molecule has 3 nitrogen and oxygen atoms in total. The first-order chi connectivity index (χ1) is 4.18. The zero-order chi connectivity index (χ0) is 7.33. The molecule has 0 saturated carbocycles. The molecule has 0 atom stereocenters. The van der Waals surface area contributed by atoms with Crippen LogP contribution in [0.4, 0.5) is 0 Å². The standard InChI is InChI=1S/C4H11O3PS/c1-6-8(9,7-2)4-3-5/h5H,3-4H2,1-2H3. The Balaban J connectivity index is 3.78. The molecule has 0 aliphatic carbocycles. The second-order valence-corrected chi connectivity index (χ2v) is 5.49. The maximum absolute atomic E-state index is 8.47. The Bertz CT molecular complexity index is 108. The van der Waals surface area contributed by atoms with Gasteiger partial charge in [-0.3, -0.25) is 0 Å². The summed E-state index contributed by atoms with van der Waals surface area (Å²) < 4.78 is 9.74. The van der Waals surface area contributed by atoms with E-state index in [0.29, 0.717) is 6.16 Å². The lowest BCUT2D eigenvalue weighted by Gasteiger charge is -2.15. The maximum Gasteiger partial charge on any atom is 0.190 e. The van der Waals surface area contributed by atoms with Crippen molar-refractivity contribution < 1.29 is 14.2 Å². The summed E-state index contributed by atoms with van der Waals surface area (Å²) in [4.78, 5) is 0. The minimum Gasteiger partial charge on any atom is -0.396 e. The quantitative estimate of drug-likeness (QED) is 0.626. The van der Waals surface area contributed by atoms with Gasteiger partial charge in [-0.15, -0.1) is 0 Å². The molecular weight excluding hydrogens is 159 g/mol. The van der Waals surface area contributed by atoms with Crippen LogP contribution in [0.15, 0.2) is 0 Å². The molecule has 5 heteroatoms. The Morgan fingerprint density at radius 2 is 1.89 bits per heavy atom. The zero-order valence-electron chi connectivity index (χ0n) is 5.53. The first-order valence-corrected chi connectivity index (χ1v) is 5.32. The Kier molecular flexibility index (Phi) is 4.62. The third-order valence-corrected chi connectivity index (χ3v) is 4.23. The van der Waals surface area contributed by atoms with E-state index in [1.165, 1.54) is 14.2 Å². The van der Waals surface area contributed by atoms with E-state index in [1.807, 2.05) is 0 Å². The van der Waals surface area contributed by atoms with Crippen LogP contribution < -0.4 is 0 Å². The minimum atomic E-state index is -2.10. The third kappa shape index (κ3) is 3.28. The highest BCUT2D eigenvalue weighted by atomic mass is 32.5. The highest BCUT2D eigenvalue weighted by molar-refractivity contribution is 8.09. The average molecular weight is 170 g/mol. The molecule has 0 amide bonds. The second-order valence-electron chi connectivity index (χ2n) is 1.42. The number of rotatable bonds is 4. The normalized spacial score (nSPS) is 11.9. The minimum absolute atomic E-state index is 0.0267. The van der Waals surface area contributed by atoms with Crippen LogP contribution in [0.25, 0.3) is 0 Å². The van der Waals surface area contributed by atoms with Crippen molar-refractivity contribution in [2.45, 2.75) is 0 Å². The molecule has 0 aliphatic rings. The maximum atomic E-state index is 8.47. The van der Waals surface area contributed by atoms with Crippen molar-refractivity contribution in [3.8, 4) is 0 Å². The van der Waals surface area contributed by atoms with Gasteiger partial charge in [-0.05, 0) is 11.8 Å². The van der Waals surface area contributed by atoms with Crippen molar-refractivity contribution in [3.63, 3.8) is 0 Å². The van der Waals surface area contributed by atoms with Gasteiger partial charge in [0.25, 0.3) is 0 Å². The van der Waals surface area contributed by atoms with E-state index in [2.05, 4.69) is 0 Å². The molecule has 0 radical (unpaired) electrons. The molecule has 1 N–H and O–H groups in total. The highest BCUT2D eigenvalue weighted by Crippen LogP contribution is 2.45. The van der Waals surface area contributed by atoms with Gasteiger partial charge in [-0.1, -0.05) is 0 Å². The van der Waals surface area contributed by atoms with Crippen molar-refractivity contribution in [1.82, 2.24) is 0 Å². The molecule has 0 saturated heterocycles. The second kappa shape index (κ2) is 4.36. The molecule has 0 spiro atoms. The Hall–Kier alpha value is 0.530. The first-order valence-electron chi connectivity index (χ1n) is 2.50. The van der Waals surface area contributed by atoms with Crippen molar-refractivity contribution in [3.05, 3.63) is 0 Å². The molecule has 0 aliphatic heterocycles. The summed E-state index contributed by atoms with van der Waals surface area (Å²) in [5, 5.41) is 8.47. The number of aliphatic hydroxyl groups is 1. The van der Waals surface area contributed by atoms with E-state index < -0.39 is 6.49 Å². The van der Waals surface area contributed by atoms with Gasteiger partial charge in [0.05, 0.1) is 6.61 Å². The van der Waals surface area contributed by atoms with Gasteiger partial charge in [0.15, 0.2) is 6.49 Å². The summed E-state index contributed by atoms with van der Waals surface area (Å²) in [5.74, 6) is 0. The number of aliphatic hydroxyl groups excluding tert-OH is 1. The topological polar surface area (TPSA) is 38.7 Å². The predicted molar refractivity (Wildman–Crippen MR) is 40.3 cm³/mol. The lowest BCUT2D eigenvalue weighted by Crippen LogP contribution is -1.97. The molecule has 56 valence electrons. The fourth-order valence-electron chi connectivity index (χ4n) is 0.380. The van der Waals surface area contributed by atoms with Crippen LogP contribution in [-0.2, 0) is 20.9 Å². The third-order valence-electron chi connectivity index (χ3n) is 0.930. The number of hydrogen-bond donors (Lipinski definition) is 1. The van der Waals surface area contributed by atoms with E-state index in [9.17, 15) is 0 Å². The van der Waals surface area contributed by atoms with E-state index in [-0.39, 0.29) is 6.61 Å². The zero-order valence-corrected chi connectivity index (χ0v) is 7.24. The van der Waals surface area contributed by atoms with Gasteiger partial charge in [-0.25, -0.2) is 0 Å². The largest absolute Gasteiger partial charge is 0.396 e. The SMILES string of the molecule is COP(=S)(CCO)OC. The monoisotopic (exact) mass is 170 g/mol. The molecule has 0 aromatic rings. The molecule has 0 fully saturated rings. The Morgan fingerprint density at radius 1 is 1.44 bits per heavy atom. The summed E-state index contributed by atoms with van der Waals surface area (Å²) in [7, 11) is 3.00. The molecule has 0 rings (SSSR count). The van der Waals surface area contributed by atoms with Crippen LogP contribution >= 0.6 is 6.49 Å². The Labute approximate surface area is 60.1 Å². The van der Waals surface area contributed by atoms with E-state index in [1.54, 1.807) is 0 Å². The average Bonchev–Trinajstić information content (AvgIpc) is 1.89. The van der Waals surface area contributed by atoms with E-state index >= 15 is 0 Å². The van der Waals surface area contributed by atoms with Gasteiger partial charge in [0, 0.05) is 20.4 Å². The smallest absolute Gasteiger partial charge is 0.190 e. The molecule has 0 bridgehead atoms. The van der Waals surface area contributed by atoms with E-state index in [4.69, 9.17) is 26.0 Å². The summed E-state index contributed by atoms with van der Waals surface area (Å²) >= 11 is 4.91. The lowest BCUT2D eigenvalue weighted by atomic mass is 10.9. The van der Waals surface area contributed by atoms with Gasteiger partial charge in [0.2, 0.25) is 0 Å². The molecular formula is C4H11O3PS. The summed E-state index contributed by atoms with van der Waals surface area (Å²) in [6.45, 7) is -2.07. The highest BCUT2D eigenvalue weighted by Gasteiger charge is 2.12. The van der Waals surface area contributed by atoms with Crippen LogP contribution in [0.3, 0.4) is 0 Å². The van der Waals surface area contributed by atoms with Gasteiger partial charge in [-0.2, -0.15) is 0 Å². The van der Waals surface area contributed by atoms with Crippen molar-refractivity contribution in [2.24, 2.45) is 0 Å².